The molecule has 5 heteroatoms. The molecule has 0 saturated heterocycles. The van der Waals surface area contributed by atoms with Crippen LogP contribution in [0.25, 0.3) is 0 Å². The molecule has 3 rings (SSSR count). The Morgan fingerprint density at radius 2 is 1.74 bits per heavy atom. The molecular formula is C22H25N2O3+. The zero-order valence-corrected chi connectivity index (χ0v) is 15.6. The van der Waals surface area contributed by atoms with Crippen molar-refractivity contribution in [2.75, 3.05) is 13.7 Å². The lowest BCUT2D eigenvalue weighted by atomic mass is 9.98. The summed E-state index contributed by atoms with van der Waals surface area (Å²) in [5.41, 5.74) is 2.05. The van der Waals surface area contributed by atoms with Crippen molar-refractivity contribution >= 4 is 5.91 Å². The van der Waals surface area contributed by atoms with Crippen LogP contribution in [0.1, 0.15) is 35.9 Å². The molecule has 0 bridgehead atoms. The molecule has 0 spiro atoms. The van der Waals surface area contributed by atoms with Crippen LogP contribution in [0.2, 0.25) is 0 Å². The van der Waals surface area contributed by atoms with Gasteiger partial charge in [0.05, 0.1) is 19.4 Å². The fourth-order valence-corrected chi connectivity index (χ4v) is 2.97. The zero-order chi connectivity index (χ0) is 19.1. The van der Waals surface area contributed by atoms with Crippen LogP contribution >= 0.6 is 0 Å². The topological polar surface area (TPSA) is 68.1 Å². The van der Waals surface area contributed by atoms with Crippen molar-refractivity contribution < 1.29 is 19.3 Å². The number of amides is 1. The monoisotopic (exact) mass is 365 g/mol. The average Bonchev–Trinajstić information content (AvgIpc) is 3.26. The molecule has 3 N–H and O–H groups in total. The van der Waals surface area contributed by atoms with Crippen molar-refractivity contribution in [2.24, 2.45) is 0 Å². The molecule has 1 aromatic heterocycles. The van der Waals surface area contributed by atoms with E-state index in [1.807, 2.05) is 79.0 Å². The number of carbonyl (C=O) groups is 1. The predicted octanol–water partition coefficient (Wildman–Crippen LogP) is 2.82. The predicted molar refractivity (Wildman–Crippen MR) is 103 cm³/mol. The van der Waals surface area contributed by atoms with Crippen molar-refractivity contribution in [3.05, 3.63) is 89.9 Å². The Morgan fingerprint density at radius 3 is 2.37 bits per heavy atom. The highest BCUT2D eigenvalue weighted by Gasteiger charge is 2.19. The van der Waals surface area contributed by atoms with Crippen molar-refractivity contribution in [2.45, 2.75) is 19.0 Å². The minimum Gasteiger partial charge on any atom is -0.497 e. The Hall–Kier alpha value is -3.05. The van der Waals surface area contributed by atoms with Gasteiger partial charge >= 0.3 is 0 Å². The normalized spacial score (nSPS) is 13.0. The number of ether oxygens (including phenoxy) is 1. The summed E-state index contributed by atoms with van der Waals surface area (Å²) in [6.45, 7) is 2.34. The van der Waals surface area contributed by atoms with Crippen molar-refractivity contribution in [1.82, 2.24) is 5.32 Å². The van der Waals surface area contributed by atoms with E-state index in [1.54, 1.807) is 13.4 Å². The van der Waals surface area contributed by atoms with E-state index in [9.17, 15) is 4.79 Å². The largest absolute Gasteiger partial charge is 0.497 e. The molecule has 0 radical (unpaired) electrons. The molecule has 140 valence electrons. The number of hydrogen-bond acceptors (Lipinski definition) is 3. The first-order valence-corrected chi connectivity index (χ1v) is 9.02. The van der Waals surface area contributed by atoms with Crippen molar-refractivity contribution in [3.8, 4) is 5.75 Å². The molecular weight excluding hydrogens is 340 g/mol. The summed E-state index contributed by atoms with van der Waals surface area (Å²) in [7, 11) is 1.64. The fourth-order valence-electron chi connectivity index (χ4n) is 2.97. The van der Waals surface area contributed by atoms with Gasteiger partial charge in [0.2, 0.25) is 0 Å². The van der Waals surface area contributed by atoms with E-state index in [-0.39, 0.29) is 18.0 Å². The molecule has 0 unspecified atom stereocenters. The summed E-state index contributed by atoms with van der Waals surface area (Å²) < 4.78 is 10.6. The third-order valence-electron chi connectivity index (χ3n) is 4.54. The minimum absolute atomic E-state index is 0.0296. The lowest BCUT2D eigenvalue weighted by molar-refractivity contribution is -0.684. The number of nitrogens with one attached hydrogen (secondary N) is 1. The van der Waals surface area contributed by atoms with Gasteiger partial charge in [-0.3, -0.25) is 4.79 Å². The summed E-state index contributed by atoms with van der Waals surface area (Å²) in [5, 5.41) is 5.11. The van der Waals surface area contributed by atoms with E-state index in [1.165, 1.54) is 0 Å². The third kappa shape index (κ3) is 4.99. The maximum Gasteiger partial charge on any atom is 0.275 e. The molecule has 0 fully saturated rings. The van der Waals surface area contributed by atoms with E-state index >= 15 is 0 Å². The number of benzene rings is 2. The summed E-state index contributed by atoms with van der Waals surface area (Å²) in [5.74, 6) is 1.62. The van der Waals surface area contributed by atoms with Gasteiger partial charge in [0.15, 0.2) is 12.3 Å². The van der Waals surface area contributed by atoms with Crippen LogP contribution in [-0.4, -0.2) is 19.6 Å². The zero-order valence-electron chi connectivity index (χ0n) is 15.6. The second-order valence-corrected chi connectivity index (χ2v) is 6.43. The van der Waals surface area contributed by atoms with Crippen LogP contribution in [0.15, 0.2) is 77.4 Å². The smallest absolute Gasteiger partial charge is 0.275 e. The minimum atomic E-state index is -0.211. The lowest BCUT2D eigenvalue weighted by Crippen LogP contribution is -2.87. The Morgan fingerprint density at radius 1 is 1.04 bits per heavy atom. The molecule has 0 saturated carbocycles. The number of furan rings is 1. The first kappa shape index (κ1) is 18.7. The van der Waals surface area contributed by atoms with Gasteiger partial charge in [-0.2, -0.15) is 0 Å². The Bertz CT molecular complexity index is 830. The van der Waals surface area contributed by atoms with Gasteiger partial charge in [0.1, 0.15) is 11.8 Å². The van der Waals surface area contributed by atoms with E-state index in [2.05, 4.69) is 5.32 Å². The van der Waals surface area contributed by atoms with Gasteiger partial charge in [0.25, 0.3) is 5.91 Å². The van der Waals surface area contributed by atoms with Gasteiger partial charge in [-0.15, -0.1) is 0 Å². The standard InChI is InChI=1S/C22H24N2O3/c1-16(20-9-6-14-27-20)23-15-21(25)24-22(17-7-4-3-5-8-17)18-10-12-19(26-2)13-11-18/h3-14,16,22-23H,15H2,1-2H3,(H,24,25)/p+1/t16-,22+/m0/s1. The molecule has 2 aromatic carbocycles. The summed E-state index contributed by atoms with van der Waals surface area (Å²) in [4.78, 5) is 12.6. The second kappa shape index (κ2) is 9.05. The number of rotatable bonds is 8. The number of quaternary nitrogens is 1. The summed E-state index contributed by atoms with van der Waals surface area (Å²) >= 11 is 0. The van der Waals surface area contributed by atoms with Crippen LogP contribution in [0, 0.1) is 0 Å². The SMILES string of the molecule is COc1ccc([C@H](NC(=O)C[NH2+][C@@H](C)c2ccco2)c2ccccc2)cc1. The Balaban J connectivity index is 1.70. The Kier molecular flexibility index (Phi) is 6.28. The van der Waals surface area contributed by atoms with Crippen LogP contribution in [0.3, 0.4) is 0 Å². The number of nitrogens with two attached hydrogens (primary N) is 1. The van der Waals surface area contributed by atoms with Crippen molar-refractivity contribution in [1.29, 1.82) is 0 Å². The molecule has 27 heavy (non-hydrogen) atoms. The Labute approximate surface area is 159 Å². The molecule has 0 aliphatic heterocycles. The van der Waals surface area contributed by atoms with Crippen molar-refractivity contribution in [3.63, 3.8) is 0 Å². The number of methoxy groups -OCH3 is 1. The van der Waals surface area contributed by atoms with Crippen LogP contribution in [0.4, 0.5) is 0 Å². The van der Waals surface area contributed by atoms with E-state index < -0.39 is 0 Å². The first-order valence-electron chi connectivity index (χ1n) is 9.02. The summed E-state index contributed by atoms with van der Waals surface area (Å²) in [6, 6.07) is 21.4. The number of carbonyl (C=O) groups excluding carboxylic acids is 1. The van der Waals surface area contributed by atoms with Gasteiger partial charge in [-0.05, 0) is 42.3 Å². The molecule has 0 aliphatic rings. The van der Waals surface area contributed by atoms with Gasteiger partial charge in [-0.25, -0.2) is 0 Å². The number of hydrogen-bond donors (Lipinski definition) is 2. The first-order chi connectivity index (χ1) is 13.2. The lowest BCUT2D eigenvalue weighted by Gasteiger charge is -2.20. The highest BCUT2D eigenvalue weighted by Crippen LogP contribution is 2.24. The van der Waals surface area contributed by atoms with Crippen LogP contribution < -0.4 is 15.4 Å². The van der Waals surface area contributed by atoms with Gasteiger partial charge in [0, 0.05) is 0 Å². The molecule has 2 atom stereocenters. The van der Waals surface area contributed by atoms with Gasteiger partial charge in [-0.1, -0.05) is 42.5 Å². The molecule has 1 heterocycles. The average molecular weight is 365 g/mol. The third-order valence-corrected chi connectivity index (χ3v) is 4.54. The van der Waals surface area contributed by atoms with Crippen LogP contribution in [-0.2, 0) is 4.79 Å². The van der Waals surface area contributed by atoms with Crippen LogP contribution in [0.5, 0.6) is 5.75 Å². The second-order valence-electron chi connectivity index (χ2n) is 6.43. The molecule has 0 aliphatic carbocycles. The molecule has 5 nitrogen and oxygen atoms in total. The van der Waals surface area contributed by atoms with E-state index in [0.29, 0.717) is 6.54 Å². The summed E-state index contributed by atoms with van der Waals surface area (Å²) in [6.07, 6.45) is 1.65. The fraction of sp³-hybridized carbons (Fsp3) is 0.227. The van der Waals surface area contributed by atoms with E-state index in [4.69, 9.17) is 9.15 Å². The van der Waals surface area contributed by atoms with Gasteiger partial charge < -0.3 is 19.8 Å². The highest BCUT2D eigenvalue weighted by atomic mass is 16.5. The maximum absolute atomic E-state index is 12.6. The maximum atomic E-state index is 12.6. The quantitative estimate of drug-likeness (QED) is 0.645. The van der Waals surface area contributed by atoms with E-state index in [0.717, 1.165) is 22.6 Å². The highest BCUT2D eigenvalue weighted by molar-refractivity contribution is 5.77. The molecule has 3 aromatic rings. The molecule has 1 amide bonds.